The lowest BCUT2D eigenvalue weighted by atomic mass is 10.0. The molecule has 0 radical (unpaired) electrons. The highest BCUT2D eigenvalue weighted by Crippen LogP contribution is 2.15. The first-order valence-electron chi connectivity index (χ1n) is 9.33. The number of aliphatic carboxylic acids is 2. The highest BCUT2D eigenvalue weighted by molar-refractivity contribution is 5.67. The first-order chi connectivity index (χ1) is 12.3. The maximum absolute atomic E-state index is 9.90. The van der Waals surface area contributed by atoms with Crippen LogP contribution in [0.25, 0.3) is 0 Å². The first kappa shape index (κ1) is 29.5. The Labute approximate surface area is 156 Å². The van der Waals surface area contributed by atoms with E-state index < -0.39 is 18.2 Å². The number of hydrogen-bond donors (Lipinski definition) is 6. The van der Waals surface area contributed by atoms with Crippen molar-refractivity contribution >= 4 is 11.9 Å². The van der Waals surface area contributed by atoms with Crippen LogP contribution in [0, 0.1) is 0 Å². The summed E-state index contributed by atoms with van der Waals surface area (Å²) in [5.41, 5.74) is 0. The van der Waals surface area contributed by atoms with E-state index in [9.17, 15) is 9.59 Å². The molecule has 158 valence electrons. The van der Waals surface area contributed by atoms with Crippen molar-refractivity contribution in [1.82, 2.24) is 0 Å². The van der Waals surface area contributed by atoms with E-state index in [0.717, 1.165) is 6.42 Å². The Hall–Kier alpha value is -1.22. The van der Waals surface area contributed by atoms with E-state index in [2.05, 4.69) is 0 Å². The minimum Gasteiger partial charge on any atom is -0.481 e. The van der Waals surface area contributed by atoms with E-state index in [1.54, 1.807) is 0 Å². The monoisotopic (exact) mass is 382 g/mol. The number of hydrogen-bond acceptors (Lipinski definition) is 6. The van der Waals surface area contributed by atoms with Gasteiger partial charge in [-0.1, -0.05) is 51.9 Å². The van der Waals surface area contributed by atoms with Gasteiger partial charge in [-0.15, -0.1) is 0 Å². The Balaban J connectivity index is -0.000000287. The van der Waals surface area contributed by atoms with Gasteiger partial charge in [0, 0.05) is 12.8 Å². The SMILES string of the molecule is C1CCCCC1.CCCC(O)O.O=C(O)CCCCC(=O)O.OCCO. The lowest BCUT2D eigenvalue weighted by Crippen LogP contribution is -2.01. The molecular formula is C18H38O8. The Kier molecular flexibility index (Phi) is 29.6. The van der Waals surface area contributed by atoms with Gasteiger partial charge in [0.1, 0.15) is 0 Å². The van der Waals surface area contributed by atoms with Crippen LogP contribution in [0.1, 0.15) is 84.0 Å². The largest absolute Gasteiger partial charge is 0.481 e. The topological polar surface area (TPSA) is 156 Å². The molecule has 0 aromatic rings. The Morgan fingerprint density at radius 3 is 1.19 bits per heavy atom. The second-order valence-electron chi connectivity index (χ2n) is 5.83. The van der Waals surface area contributed by atoms with Gasteiger partial charge in [0.05, 0.1) is 13.2 Å². The summed E-state index contributed by atoms with van der Waals surface area (Å²) in [5.74, 6) is -1.74. The molecule has 26 heavy (non-hydrogen) atoms. The average molecular weight is 382 g/mol. The summed E-state index contributed by atoms with van der Waals surface area (Å²) in [5, 5.41) is 47.7. The van der Waals surface area contributed by atoms with E-state index in [1.807, 2.05) is 6.92 Å². The van der Waals surface area contributed by atoms with Crippen LogP contribution < -0.4 is 0 Å². The molecule has 0 atom stereocenters. The Morgan fingerprint density at radius 1 is 0.769 bits per heavy atom. The van der Waals surface area contributed by atoms with Gasteiger partial charge >= 0.3 is 11.9 Å². The standard InChI is InChI=1S/C6H10O4.C6H12.C4H10O2.C2H6O2/c7-5(8)3-1-2-4-6(9)10;1-2-4-6-5-3-1;1-2-3-4(5)6;3-1-2-4/h1-4H2,(H,7,8)(H,9,10);1-6H2;4-6H,2-3H2,1H3;3-4H,1-2H2. The molecule has 0 aromatic heterocycles. The summed E-state index contributed by atoms with van der Waals surface area (Å²) in [6, 6.07) is 0. The van der Waals surface area contributed by atoms with E-state index in [1.165, 1.54) is 38.5 Å². The molecule has 1 aliphatic carbocycles. The highest BCUT2D eigenvalue weighted by Gasteiger charge is 1.99. The van der Waals surface area contributed by atoms with Gasteiger partial charge in [0.2, 0.25) is 0 Å². The summed E-state index contributed by atoms with van der Waals surface area (Å²) in [4.78, 5) is 19.8. The van der Waals surface area contributed by atoms with Crippen molar-refractivity contribution in [2.75, 3.05) is 13.2 Å². The first-order valence-corrected chi connectivity index (χ1v) is 9.33. The molecule has 0 aromatic carbocycles. The number of carbonyl (C=O) groups is 2. The van der Waals surface area contributed by atoms with Crippen molar-refractivity contribution in [2.45, 2.75) is 90.3 Å². The molecule has 8 nitrogen and oxygen atoms in total. The van der Waals surface area contributed by atoms with E-state index in [0.29, 0.717) is 19.3 Å². The van der Waals surface area contributed by atoms with E-state index >= 15 is 0 Å². The summed E-state index contributed by atoms with van der Waals surface area (Å²) in [6.07, 6.45) is 10.2. The van der Waals surface area contributed by atoms with Crippen molar-refractivity contribution in [2.24, 2.45) is 0 Å². The maximum atomic E-state index is 9.90. The zero-order valence-electron chi connectivity index (χ0n) is 16.0. The zero-order chi connectivity index (χ0) is 20.6. The van der Waals surface area contributed by atoms with Gasteiger partial charge in [-0.3, -0.25) is 9.59 Å². The minimum absolute atomic E-state index is 0.0628. The molecule has 0 aliphatic heterocycles. The lowest BCUT2D eigenvalue weighted by Gasteiger charge is -2.05. The Bertz CT molecular complexity index is 261. The predicted octanol–water partition coefficient (Wildman–Crippen LogP) is 2.12. The van der Waals surface area contributed by atoms with Gasteiger partial charge in [0.25, 0.3) is 0 Å². The second-order valence-corrected chi connectivity index (χ2v) is 5.83. The zero-order valence-corrected chi connectivity index (χ0v) is 16.0. The minimum atomic E-state index is -1.10. The van der Waals surface area contributed by atoms with Crippen LogP contribution in [-0.2, 0) is 9.59 Å². The number of carboxylic acids is 2. The van der Waals surface area contributed by atoms with Crippen molar-refractivity contribution < 1.29 is 40.2 Å². The molecule has 1 aliphatic rings. The van der Waals surface area contributed by atoms with Crippen LogP contribution in [0.5, 0.6) is 0 Å². The third-order valence-corrected chi connectivity index (χ3v) is 3.18. The quantitative estimate of drug-likeness (QED) is 0.275. The van der Waals surface area contributed by atoms with Crippen LogP contribution in [-0.4, -0.2) is 62.1 Å². The van der Waals surface area contributed by atoms with Gasteiger partial charge < -0.3 is 30.6 Å². The van der Waals surface area contributed by atoms with Crippen molar-refractivity contribution in [3.63, 3.8) is 0 Å². The Morgan fingerprint density at radius 2 is 1.08 bits per heavy atom. The van der Waals surface area contributed by atoms with Gasteiger partial charge in [0.15, 0.2) is 6.29 Å². The normalized spacial score (nSPS) is 12.5. The molecule has 0 heterocycles. The molecule has 0 bridgehead atoms. The fraction of sp³-hybridized carbons (Fsp3) is 0.889. The summed E-state index contributed by atoms with van der Waals surface area (Å²) >= 11 is 0. The lowest BCUT2D eigenvalue weighted by molar-refractivity contribution is -0.139. The van der Waals surface area contributed by atoms with Crippen LogP contribution in [0.2, 0.25) is 0 Å². The molecule has 0 unspecified atom stereocenters. The predicted molar refractivity (Wildman–Crippen MR) is 98.7 cm³/mol. The molecule has 6 N–H and O–H groups in total. The number of rotatable bonds is 8. The second kappa shape index (κ2) is 26.0. The molecule has 0 amide bonds. The molecule has 1 rings (SSSR count). The van der Waals surface area contributed by atoms with Gasteiger partial charge in [-0.2, -0.15) is 0 Å². The van der Waals surface area contributed by atoms with Gasteiger partial charge in [-0.25, -0.2) is 0 Å². The number of unbranched alkanes of at least 4 members (excludes halogenated alkanes) is 1. The summed E-state index contributed by atoms with van der Waals surface area (Å²) < 4.78 is 0. The molecule has 8 heteroatoms. The fourth-order valence-corrected chi connectivity index (χ4v) is 1.87. The van der Waals surface area contributed by atoms with Crippen LogP contribution in [0.3, 0.4) is 0 Å². The summed E-state index contributed by atoms with van der Waals surface area (Å²) in [7, 11) is 0. The maximum Gasteiger partial charge on any atom is 0.303 e. The molecule has 1 fully saturated rings. The molecule has 0 saturated heterocycles. The van der Waals surface area contributed by atoms with Crippen molar-refractivity contribution in [3.8, 4) is 0 Å². The fourth-order valence-electron chi connectivity index (χ4n) is 1.87. The third kappa shape index (κ3) is 43.4. The van der Waals surface area contributed by atoms with Crippen molar-refractivity contribution in [1.29, 1.82) is 0 Å². The third-order valence-electron chi connectivity index (χ3n) is 3.18. The molecular weight excluding hydrogens is 344 g/mol. The van der Waals surface area contributed by atoms with Crippen LogP contribution in [0.4, 0.5) is 0 Å². The van der Waals surface area contributed by atoms with E-state index in [-0.39, 0.29) is 26.1 Å². The van der Waals surface area contributed by atoms with Gasteiger partial charge in [-0.05, 0) is 19.3 Å². The number of carboxylic acid groups (broad SMARTS) is 2. The average Bonchev–Trinajstić information content (AvgIpc) is 2.61. The van der Waals surface area contributed by atoms with Crippen LogP contribution >= 0.6 is 0 Å². The van der Waals surface area contributed by atoms with E-state index in [4.69, 9.17) is 30.6 Å². The number of aliphatic hydroxyl groups excluding tert-OH is 3. The molecule has 1 saturated carbocycles. The number of aliphatic hydroxyl groups is 4. The molecule has 0 spiro atoms. The smallest absolute Gasteiger partial charge is 0.303 e. The highest BCUT2D eigenvalue weighted by atomic mass is 16.5. The van der Waals surface area contributed by atoms with Crippen LogP contribution in [0.15, 0.2) is 0 Å². The van der Waals surface area contributed by atoms with Crippen molar-refractivity contribution in [3.05, 3.63) is 0 Å². The summed E-state index contributed by atoms with van der Waals surface area (Å²) in [6.45, 7) is 1.65.